The van der Waals surface area contributed by atoms with Gasteiger partial charge in [-0.2, -0.15) is 0 Å². The van der Waals surface area contributed by atoms with Gasteiger partial charge < -0.3 is 14.6 Å². The number of rotatable bonds is 6. The van der Waals surface area contributed by atoms with Gasteiger partial charge >= 0.3 is 0 Å². The van der Waals surface area contributed by atoms with Crippen LogP contribution in [0.25, 0.3) is 11.0 Å². The molecule has 0 aliphatic rings. The maximum atomic E-state index is 12.3. The Morgan fingerprint density at radius 1 is 1.21 bits per heavy atom. The van der Waals surface area contributed by atoms with Gasteiger partial charge in [-0.15, -0.1) is 0 Å². The number of hydrogen-bond acceptors (Lipinski definition) is 4. The van der Waals surface area contributed by atoms with Crippen LogP contribution in [0.15, 0.2) is 53.1 Å². The third kappa shape index (κ3) is 3.56. The molecule has 24 heavy (non-hydrogen) atoms. The van der Waals surface area contributed by atoms with Crippen LogP contribution in [0.5, 0.6) is 5.75 Å². The van der Waals surface area contributed by atoms with Crippen LogP contribution in [-0.4, -0.2) is 17.7 Å². The number of amides is 1. The normalized spacial score (nSPS) is 12.1. The van der Waals surface area contributed by atoms with Gasteiger partial charge in [0.2, 0.25) is 5.91 Å². The highest BCUT2D eigenvalue weighted by Crippen LogP contribution is 2.20. The monoisotopic (exact) mass is 324 g/mol. The average molecular weight is 324 g/mol. The van der Waals surface area contributed by atoms with Crippen LogP contribution in [0.4, 0.5) is 0 Å². The van der Waals surface area contributed by atoms with Gasteiger partial charge in [-0.25, -0.2) is 0 Å². The van der Waals surface area contributed by atoms with E-state index in [0.29, 0.717) is 17.9 Å². The molecule has 1 heterocycles. The molecule has 0 fully saturated rings. The zero-order valence-electron chi connectivity index (χ0n) is 13.8. The number of aromatic nitrogens is 1. The third-order valence-corrected chi connectivity index (χ3v) is 3.85. The van der Waals surface area contributed by atoms with Gasteiger partial charge in [0.15, 0.2) is 5.58 Å². The maximum absolute atomic E-state index is 12.3. The number of nitrogens with one attached hydrogen (secondary N) is 1. The summed E-state index contributed by atoms with van der Waals surface area (Å²) in [5, 5.41) is 7.86. The van der Waals surface area contributed by atoms with E-state index in [1.807, 2.05) is 62.4 Å². The van der Waals surface area contributed by atoms with Crippen molar-refractivity contribution in [1.82, 2.24) is 10.5 Å². The quantitative estimate of drug-likeness (QED) is 0.752. The van der Waals surface area contributed by atoms with E-state index in [4.69, 9.17) is 9.26 Å². The van der Waals surface area contributed by atoms with Gasteiger partial charge in [0.05, 0.1) is 19.1 Å². The highest BCUT2D eigenvalue weighted by atomic mass is 16.5. The van der Waals surface area contributed by atoms with Gasteiger partial charge in [0.25, 0.3) is 0 Å². The Hall–Kier alpha value is -2.82. The number of ether oxygens (including phenoxy) is 1. The average Bonchev–Trinajstić information content (AvgIpc) is 2.99. The van der Waals surface area contributed by atoms with Crippen molar-refractivity contribution in [1.29, 1.82) is 0 Å². The van der Waals surface area contributed by atoms with E-state index in [-0.39, 0.29) is 18.4 Å². The summed E-state index contributed by atoms with van der Waals surface area (Å²) in [5.41, 5.74) is 2.37. The summed E-state index contributed by atoms with van der Waals surface area (Å²) >= 11 is 0. The summed E-state index contributed by atoms with van der Waals surface area (Å²) in [4.78, 5) is 12.3. The van der Waals surface area contributed by atoms with Crippen LogP contribution in [0.1, 0.15) is 31.1 Å². The zero-order valence-corrected chi connectivity index (χ0v) is 13.8. The summed E-state index contributed by atoms with van der Waals surface area (Å²) in [6.45, 7) is 4.54. The first kappa shape index (κ1) is 16.1. The Bertz CT molecular complexity index is 824. The molecule has 5 nitrogen and oxygen atoms in total. The fourth-order valence-corrected chi connectivity index (χ4v) is 2.61. The largest absolute Gasteiger partial charge is 0.494 e. The van der Waals surface area contributed by atoms with Gasteiger partial charge in [-0.1, -0.05) is 29.4 Å². The van der Waals surface area contributed by atoms with Gasteiger partial charge in [0, 0.05) is 5.39 Å². The fraction of sp³-hybridized carbons (Fsp3) is 0.263. The van der Waals surface area contributed by atoms with E-state index < -0.39 is 0 Å². The van der Waals surface area contributed by atoms with Crippen LogP contribution in [0.2, 0.25) is 0 Å². The highest BCUT2D eigenvalue weighted by Gasteiger charge is 2.14. The predicted octanol–water partition coefficient (Wildman–Crippen LogP) is 3.65. The van der Waals surface area contributed by atoms with Crippen LogP contribution in [-0.2, 0) is 11.2 Å². The van der Waals surface area contributed by atoms with Crippen molar-refractivity contribution in [3.8, 4) is 5.75 Å². The minimum atomic E-state index is -0.0914. The van der Waals surface area contributed by atoms with E-state index in [1.54, 1.807) is 0 Å². The SMILES string of the molecule is CCOc1ccc(C(C)NC(=O)Cc2noc3ccccc23)cc1. The molecular formula is C19H20N2O3. The third-order valence-electron chi connectivity index (χ3n) is 3.85. The molecule has 0 aliphatic heterocycles. The lowest BCUT2D eigenvalue weighted by Crippen LogP contribution is -2.28. The molecule has 0 spiro atoms. The van der Waals surface area contributed by atoms with Crippen molar-refractivity contribution < 1.29 is 14.1 Å². The molecular weight excluding hydrogens is 304 g/mol. The first-order valence-corrected chi connectivity index (χ1v) is 8.02. The predicted molar refractivity (Wildman–Crippen MR) is 91.9 cm³/mol. The van der Waals surface area contributed by atoms with Crippen LogP contribution < -0.4 is 10.1 Å². The molecule has 124 valence electrons. The van der Waals surface area contributed by atoms with Crippen LogP contribution >= 0.6 is 0 Å². The Balaban J connectivity index is 1.63. The van der Waals surface area contributed by atoms with E-state index >= 15 is 0 Å². The number of carbonyl (C=O) groups is 1. The second kappa shape index (κ2) is 7.17. The van der Waals surface area contributed by atoms with Gasteiger partial charge in [-0.3, -0.25) is 4.79 Å². The molecule has 1 atom stereocenters. The van der Waals surface area contributed by atoms with E-state index in [0.717, 1.165) is 16.7 Å². The molecule has 1 N–H and O–H groups in total. The lowest BCUT2D eigenvalue weighted by atomic mass is 10.1. The number of benzene rings is 2. The van der Waals surface area contributed by atoms with E-state index in [1.165, 1.54) is 0 Å². The summed E-state index contributed by atoms with van der Waals surface area (Å²) in [7, 11) is 0. The minimum absolute atomic E-state index is 0.0876. The topological polar surface area (TPSA) is 64.4 Å². The smallest absolute Gasteiger partial charge is 0.226 e. The Morgan fingerprint density at radius 2 is 1.96 bits per heavy atom. The van der Waals surface area contributed by atoms with Crippen molar-refractivity contribution in [2.45, 2.75) is 26.3 Å². The number of nitrogens with zero attached hydrogens (tertiary/aromatic N) is 1. The van der Waals surface area contributed by atoms with Gasteiger partial charge in [0.1, 0.15) is 11.4 Å². The molecule has 0 bridgehead atoms. The van der Waals surface area contributed by atoms with Crippen molar-refractivity contribution in [2.24, 2.45) is 0 Å². The van der Waals surface area contributed by atoms with Crippen LogP contribution in [0, 0.1) is 0 Å². The summed E-state index contributed by atoms with van der Waals surface area (Å²) in [5.74, 6) is 0.740. The van der Waals surface area contributed by atoms with Crippen molar-refractivity contribution in [3.63, 3.8) is 0 Å². The second-order valence-corrected chi connectivity index (χ2v) is 5.59. The molecule has 0 radical (unpaired) electrons. The molecule has 5 heteroatoms. The number of carbonyl (C=O) groups excluding carboxylic acids is 1. The van der Waals surface area contributed by atoms with Crippen molar-refractivity contribution in [3.05, 3.63) is 59.8 Å². The van der Waals surface area contributed by atoms with Crippen molar-refractivity contribution >= 4 is 16.9 Å². The first-order valence-electron chi connectivity index (χ1n) is 8.02. The number of fused-ring (bicyclic) bond motifs is 1. The molecule has 0 saturated carbocycles. The summed E-state index contributed by atoms with van der Waals surface area (Å²) < 4.78 is 10.7. The van der Waals surface area contributed by atoms with Crippen LogP contribution in [0.3, 0.4) is 0 Å². The van der Waals surface area contributed by atoms with E-state index in [9.17, 15) is 4.79 Å². The molecule has 1 amide bonds. The summed E-state index contributed by atoms with van der Waals surface area (Å²) in [6.07, 6.45) is 0.193. The molecule has 1 aromatic heterocycles. The summed E-state index contributed by atoms with van der Waals surface area (Å²) in [6, 6.07) is 15.2. The molecule has 3 rings (SSSR count). The molecule has 1 unspecified atom stereocenters. The first-order chi connectivity index (χ1) is 11.7. The van der Waals surface area contributed by atoms with E-state index in [2.05, 4.69) is 10.5 Å². The molecule has 2 aromatic carbocycles. The Morgan fingerprint density at radius 3 is 2.71 bits per heavy atom. The highest BCUT2D eigenvalue weighted by molar-refractivity contribution is 5.86. The minimum Gasteiger partial charge on any atom is -0.494 e. The number of hydrogen-bond donors (Lipinski definition) is 1. The lowest BCUT2D eigenvalue weighted by Gasteiger charge is -2.14. The molecule has 3 aromatic rings. The van der Waals surface area contributed by atoms with Gasteiger partial charge in [-0.05, 0) is 43.7 Å². The molecule has 0 saturated heterocycles. The maximum Gasteiger partial charge on any atom is 0.226 e. The Kier molecular flexibility index (Phi) is 4.79. The zero-order chi connectivity index (χ0) is 16.9. The molecule has 0 aliphatic carbocycles. The van der Waals surface area contributed by atoms with Crippen molar-refractivity contribution in [2.75, 3.05) is 6.61 Å². The lowest BCUT2D eigenvalue weighted by molar-refractivity contribution is -0.121. The number of para-hydroxylation sites is 1. The Labute approximate surface area is 140 Å². The fourth-order valence-electron chi connectivity index (χ4n) is 2.61. The second-order valence-electron chi connectivity index (χ2n) is 5.59. The standard InChI is InChI=1S/C19H20N2O3/c1-3-23-15-10-8-14(9-11-15)13(2)20-19(22)12-17-16-6-4-5-7-18(16)24-21-17/h4-11,13H,3,12H2,1-2H3,(H,20,22).